The minimum Gasteiger partial charge on any atom is -0.461 e. The number of hydrazone groups is 1. The predicted molar refractivity (Wildman–Crippen MR) is 144 cm³/mol. The summed E-state index contributed by atoms with van der Waals surface area (Å²) >= 11 is 2.60. The highest BCUT2D eigenvalue weighted by molar-refractivity contribution is 8.29. The molecule has 0 N–H and O–H groups in total. The maximum atomic E-state index is 13.9. The number of carbonyl (C=O) groups is 2. The van der Waals surface area contributed by atoms with Crippen molar-refractivity contribution in [3.63, 3.8) is 0 Å². The van der Waals surface area contributed by atoms with Crippen LogP contribution in [-0.4, -0.2) is 27.9 Å². The Hall–Kier alpha value is -3.49. The number of thioether (sulfide) groups is 2. The van der Waals surface area contributed by atoms with Gasteiger partial charge < -0.3 is 4.74 Å². The highest BCUT2D eigenvalue weighted by atomic mass is 32.2. The van der Waals surface area contributed by atoms with Gasteiger partial charge in [0.05, 0.1) is 17.2 Å². The third-order valence-electron chi connectivity index (χ3n) is 5.47. The first-order valence-corrected chi connectivity index (χ1v) is 12.8. The van der Waals surface area contributed by atoms with Gasteiger partial charge in [0.1, 0.15) is 0 Å². The normalized spacial score (nSPS) is 20.6. The number of hydrogen-bond acceptors (Lipinski definition) is 7. The van der Waals surface area contributed by atoms with Crippen LogP contribution in [0, 0.1) is 6.92 Å². The van der Waals surface area contributed by atoms with Crippen LogP contribution in [0.25, 0.3) is 6.08 Å². The monoisotopic (exact) mass is 501 g/mol. The molecular formula is C27H23N3O3S2. The number of carbonyl (C=O) groups excluding carboxylic acids is 2. The van der Waals surface area contributed by atoms with E-state index in [-0.39, 0.29) is 17.6 Å². The van der Waals surface area contributed by atoms with Crippen molar-refractivity contribution in [2.45, 2.75) is 18.2 Å². The average molecular weight is 502 g/mol. The second-order valence-corrected chi connectivity index (χ2v) is 10.6. The maximum Gasteiger partial charge on any atom is 0.365 e. The zero-order valence-corrected chi connectivity index (χ0v) is 20.9. The number of para-hydroxylation sites is 2. The van der Waals surface area contributed by atoms with Gasteiger partial charge in [-0.05, 0) is 61.5 Å². The van der Waals surface area contributed by atoms with Crippen molar-refractivity contribution in [2.24, 2.45) is 5.10 Å². The fourth-order valence-corrected chi connectivity index (χ4v) is 6.72. The Morgan fingerprint density at radius 3 is 2.20 bits per heavy atom. The lowest BCUT2D eigenvalue weighted by molar-refractivity contribution is -0.134. The molecule has 6 nitrogen and oxygen atoms in total. The molecule has 1 spiro atoms. The molecule has 1 atom stereocenters. The van der Waals surface area contributed by atoms with E-state index in [4.69, 9.17) is 4.74 Å². The van der Waals surface area contributed by atoms with Gasteiger partial charge in [-0.25, -0.2) is 9.80 Å². The molecule has 8 heteroatoms. The number of aryl methyl sites for hydroxylation is 1. The van der Waals surface area contributed by atoms with Crippen molar-refractivity contribution in [1.29, 1.82) is 0 Å². The molecule has 0 radical (unpaired) electrons. The van der Waals surface area contributed by atoms with Crippen LogP contribution in [0.1, 0.15) is 18.1 Å². The van der Waals surface area contributed by atoms with Crippen molar-refractivity contribution >= 4 is 57.9 Å². The number of hydrogen-bond donors (Lipinski definition) is 0. The Morgan fingerprint density at radius 1 is 0.943 bits per heavy atom. The fraction of sp³-hybridized carbons (Fsp3) is 0.148. The highest BCUT2D eigenvalue weighted by Gasteiger charge is 2.60. The summed E-state index contributed by atoms with van der Waals surface area (Å²) in [6, 6.07) is 27.0. The Labute approximate surface area is 212 Å². The van der Waals surface area contributed by atoms with Gasteiger partial charge in [-0.15, -0.1) is 0 Å². The molecule has 2 aliphatic heterocycles. The highest BCUT2D eigenvalue weighted by Crippen LogP contribution is 2.59. The smallest absolute Gasteiger partial charge is 0.365 e. The number of benzene rings is 3. The Bertz CT molecular complexity index is 1310. The fourth-order valence-electron chi connectivity index (χ4n) is 3.85. The number of ether oxygens (including phenoxy) is 1. The Kier molecular flexibility index (Phi) is 6.40. The first-order valence-electron chi connectivity index (χ1n) is 11.2. The third-order valence-corrected chi connectivity index (χ3v) is 8.16. The maximum absolute atomic E-state index is 13.9. The van der Waals surface area contributed by atoms with E-state index in [9.17, 15) is 9.59 Å². The number of nitrogens with zero attached hydrogens (tertiary/aromatic N) is 3. The van der Waals surface area contributed by atoms with Gasteiger partial charge in [0.2, 0.25) is 9.37 Å². The van der Waals surface area contributed by atoms with Crippen LogP contribution in [0.5, 0.6) is 0 Å². The molecule has 0 aromatic heterocycles. The van der Waals surface area contributed by atoms with Crippen molar-refractivity contribution in [2.75, 3.05) is 16.5 Å². The molecule has 1 saturated heterocycles. The van der Waals surface area contributed by atoms with Crippen LogP contribution in [0.4, 0.5) is 11.4 Å². The number of anilines is 2. The lowest BCUT2D eigenvalue weighted by atomic mass is 10.1. The third kappa shape index (κ3) is 4.35. The van der Waals surface area contributed by atoms with Gasteiger partial charge in [-0.1, -0.05) is 78.0 Å². The summed E-state index contributed by atoms with van der Waals surface area (Å²) in [6.45, 7) is 4.03. The van der Waals surface area contributed by atoms with Crippen molar-refractivity contribution in [3.8, 4) is 0 Å². The van der Waals surface area contributed by atoms with Crippen molar-refractivity contribution in [3.05, 3.63) is 101 Å². The summed E-state index contributed by atoms with van der Waals surface area (Å²) in [5.74, 6) is -0.664. The summed E-state index contributed by atoms with van der Waals surface area (Å²) in [4.78, 5) is 29.0. The second kappa shape index (κ2) is 9.64. The Balaban J connectivity index is 1.66. The number of rotatable bonds is 5. The van der Waals surface area contributed by atoms with E-state index < -0.39 is 10.3 Å². The topological polar surface area (TPSA) is 62.2 Å². The van der Waals surface area contributed by atoms with Gasteiger partial charge in [0, 0.05) is 5.69 Å². The van der Waals surface area contributed by atoms with Gasteiger partial charge in [-0.3, -0.25) is 9.69 Å². The van der Waals surface area contributed by atoms with Crippen LogP contribution in [0.3, 0.4) is 0 Å². The molecule has 0 bridgehead atoms. The second-order valence-electron chi connectivity index (χ2n) is 7.92. The van der Waals surface area contributed by atoms with E-state index >= 15 is 0 Å². The van der Waals surface area contributed by atoms with E-state index in [1.54, 1.807) is 16.8 Å². The van der Waals surface area contributed by atoms with Crippen LogP contribution >= 0.6 is 23.5 Å². The minimum atomic E-state index is -1.07. The SMILES string of the molecule is CCOC(=O)C1=NN(c2ccccc2)[C@@]2(S1)S/C(=C\c1ccc(C)cc1)C(=O)N2c1ccccc1. The van der Waals surface area contributed by atoms with Crippen molar-refractivity contribution < 1.29 is 14.3 Å². The standard InChI is InChI=1S/C27H23N3O3S2/c1-3-33-26(32)24-28-30(22-12-8-5-9-13-22)27(35-24)29(21-10-6-4-7-11-21)25(31)23(34-27)18-20-16-14-19(2)15-17-20/h4-18H,3H2,1-2H3/b23-18-/t27-/m1/s1. The van der Waals surface area contributed by atoms with Crippen LogP contribution < -0.4 is 9.91 Å². The van der Waals surface area contributed by atoms with E-state index in [2.05, 4.69) is 5.10 Å². The van der Waals surface area contributed by atoms with E-state index in [1.807, 2.05) is 97.9 Å². The van der Waals surface area contributed by atoms with Crippen LogP contribution in [-0.2, 0) is 14.3 Å². The van der Waals surface area contributed by atoms with E-state index in [0.717, 1.165) is 16.8 Å². The molecule has 3 aromatic carbocycles. The quantitative estimate of drug-likeness (QED) is 0.323. The van der Waals surface area contributed by atoms with Gasteiger partial charge >= 0.3 is 5.97 Å². The van der Waals surface area contributed by atoms with E-state index in [0.29, 0.717) is 10.6 Å². The minimum absolute atomic E-state index is 0.157. The summed E-state index contributed by atoms with van der Waals surface area (Å²) in [7, 11) is 0. The molecule has 176 valence electrons. The van der Waals surface area contributed by atoms with Gasteiger partial charge in [0.15, 0.2) is 0 Å². The molecule has 3 aromatic rings. The molecular weight excluding hydrogens is 478 g/mol. The molecule has 5 rings (SSSR count). The average Bonchev–Trinajstić information content (AvgIpc) is 3.39. The van der Waals surface area contributed by atoms with Crippen LogP contribution in [0.2, 0.25) is 0 Å². The van der Waals surface area contributed by atoms with E-state index in [1.165, 1.54) is 23.5 Å². The van der Waals surface area contributed by atoms with Gasteiger partial charge in [0.25, 0.3) is 5.91 Å². The molecule has 1 fully saturated rings. The number of esters is 1. The van der Waals surface area contributed by atoms with Crippen LogP contribution in [0.15, 0.2) is 94.9 Å². The van der Waals surface area contributed by atoms with Gasteiger partial charge in [-0.2, -0.15) is 5.10 Å². The lowest BCUT2D eigenvalue weighted by Crippen LogP contribution is -2.51. The first-order chi connectivity index (χ1) is 17.0. The largest absolute Gasteiger partial charge is 0.461 e. The lowest BCUT2D eigenvalue weighted by Gasteiger charge is -2.38. The first kappa shape index (κ1) is 23.3. The summed E-state index contributed by atoms with van der Waals surface area (Å²) < 4.78 is 4.20. The Morgan fingerprint density at radius 2 is 1.57 bits per heavy atom. The molecule has 0 saturated carbocycles. The molecule has 2 aliphatic rings. The molecule has 2 heterocycles. The zero-order valence-electron chi connectivity index (χ0n) is 19.3. The molecule has 0 unspecified atom stereocenters. The van der Waals surface area contributed by atoms with Crippen molar-refractivity contribution in [1.82, 2.24) is 0 Å². The summed E-state index contributed by atoms with van der Waals surface area (Å²) in [5.41, 5.74) is 3.55. The summed E-state index contributed by atoms with van der Waals surface area (Å²) in [5, 5.41) is 6.62. The zero-order chi connectivity index (χ0) is 24.4. The predicted octanol–water partition coefficient (Wildman–Crippen LogP) is 5.86. The number of amides is 1. The molecule has 35 heavy (non-hydrogen) atoms. The molecule has 0 aliphatic carbocycles. The molecule has 1 amide bonds. The summed E-state index contributed by atoms with van der Waals surface area (Å²) in [6.07, 6.45) is 1.89.